The number of hydrogen-bond acceptors (Lipinski definition) is 3. The van der Waals surface area contributed by atoms with Gasteiger partial charge in [-0.25, -0.2) is 0 Å². The van der Waals surface area contributed by atoms with Crippen LogP contribution in [0.3, 0.4) is 0 Å². The molecule has 148 valence electrons. The Bertz CT molecular complexity index is 1120. The Labute approximate surface area is 181 Å². The number of nitrogens with zero attached hydrogens (tertiary/aromatic N) is 1. The molecular weight excluding hydrogens is 386 g/mol. The largest absolute Gasteiger partial charge is 0.311 e. The number of allylic oxidation sites excluding steroid dienone is 1. The third-order valence-electron chi connectivity index (χ3n) is 4.91. The fourth-order valence-electron chi connectivity index (χ4n) is 3.47. The van der Waals surface area contributed by atoms with Gasteiger partial charge >= 0.3 is 0 Å². The zero-order valence-corrected chi connectivity index (χ0v) is 17.9. The number of carbonyl (C=O) groups is 1. The summed E-state index contributed by atoms with van der Waals surface area (Å²) in [6, 6.07) is 30.9. The number of rotatable bonds is 6. The van der Waals surface area contributed by atoms with E-state index in [1.807, 2.05) is 74.5 Å². The number of aryl methyl sites for hydroxylation is 2. The minimum atomic E-state index is 0.0520. The third-order valence-corrected chi connectivity index (χ3v) is 5.88. The summed E-state index contributed by atoms with van der Waals surface area (Å²) in [7, 11) is 0. The average Bonchev–Trinajstić information content (AvgIpc) is 3.13. The topological polar surface area (TPSA) is 20.3 Å². The molecule has 4 aromatic rings. The van der Waals surface area contributed by atoms with Crippen molar-refractivity contribution in [3.8, 4) is 0 Å². The van der Waals surface area contributed by atoms with Crippen LogP contribution in [0.25, 0.3) is 6.08 Å². The van der Waals surface area contributed by atoms with Gasteiger partial charge in [0.25, 0.3) is 0 Å². The third kappa shape index (κ3) is 4.42. The fraction of sp³-hybridized carbons (Fsp3) is 0.0741. The quantitative estimate of drug-likeness (QED) is 0.240. The summed E-state index contributed by atoms with van der Waals surface area (Å²) in [6.07, 6.45) is 3.55. The summed E-state index contributed by atoms with van der Waals surface area (Å²) in [6.45, 7) is 4.03. The lowest BCUT2D eigenvalue weighted by Crippen LogP contribution is -2.09. The second-order valence-corrected chi connectivity index (χ2v) is 8.58. The number of ketones is 1. The zero-order valence-electron chi connectivity index (χ0n) is 17.1. The highest BCUT2D eigenvalue weighted by Gasteiger charge is 2.12. The highest BCUT2D eigenvalue weighted by Crippen LogP contribution is 2.34. The lowest BCUT2D eigenvalue weighted by Gasteiger charge is -2.25. The molecule has 0 unspecified atom stereocenters. The molecule has 0 aliphatic heterocycles. The van der Waals surface area contributed by atoms with Crippen LogP contribution >= 0.6 is 11.3 Å². The summed E-state index contributed by atoms with van der Waals surface area (Å²) in [4.78, 5) is 17.0. The molecule has 0 N–H and O–H groups in total. The highest BCUT2D eigenvalue weighted by atomic mass is 32.1. The van der Waals surface area contributed by atoms with Crippen molar-refractivity contribution in [3.63, 3.8) is 0 Å². The lowest BCUT2D eigenvalue weighted by atomic mass is 10.1. The molecule has 1 aromatic heterocycles. The number of thiophene rings is 1. The molecule has 3 heteroatoms. The first kappa shape index (κ1) is 19.9. The molecule has 0 amide bonds. The van der Waals surface area contributed by atoms with Crippen LogP contribution in [0.4, 0.5) is 17.1 Å². The van der Waals surface area contributed by atoms with Gasteiger partial charge in [0.15, 0.2) is 5.78 Å². The molecule has 0 aliphatic carbocycles. The molecule has 0 aliphatic rings. The molecule has 30 heavy (non-hydrogen) atoms. The van der Waals surface area contributed by atoms with Crippen molar-refractivity contribution < 1.29 is 4.79 Å². The Kier molecular flexibility index (Phi) is 5.92. The Morgan fingerprint density at radius 2 is 1.30 bits per heavy atom. The predicted molar refractivity (Wildman–Crippen MR) is 128 cm³/mol. The van der Waals surface area contributed by atoms with Crippen LogP contribution in [0.15, 0.2) is 97.1 Å². The Hall–Kier alpha value is -3.43. The van der Waals surface area contributed by atoms with E-state index in [2.05, 4.69) is 41.3 Å². The summed E-state index contributed by atoms with van der Waals surface area (Å²) < 4.78 is 0. The number of benzene rings is 3. The maximum atomic E-state index is 12.5. The van der Waals surface area contributed by atoms with Gasteiger partial charge in [0.05, 0.1) is 0 Å². The minimum absolute atomic E-state index is 0.0520. The first-order valence-corrected chi connectivity index (χ1v) is 10.7. The zero-order chi connectivity index (χ0) is 20.9. The normalized spacial score (nSPS) is 11.0. The van der Waals surface area contributed by atoms with Crippen LogP contribution in [0.5, 0.6) is 0 Å². The Balaban J connectivity index is 1.59. The summed E-state index contributed by atoms with van der Waals surface area (Å²) in [5.74, 6) is 0.0520. The number of carbonyl (C=O) groups excluding carboxylic acids is 1. The lowest BCUT2D eigenvalue weighted by molar-refractivity contribution is 0.104. The molecule has 2 nitrogen and oxygen atoms in total. The molecule has 0 bridgehead atoms. The maximum Gasteiger partial charge on any atom is 0.186 e. The molecule has 0 atom stereocenters. The molecule has 1 heterocycles. The molecule has 0 saturated carbocycles. The smallest absolute Gasteiger partial charge is 0.186 e. The summed E-state index contributed by atoms with van der Waals surface area (Å²) >= 11 is 1.66. The van der Waals surface area contributed by atoms with E-state index in [4.69, 9.17) is 0 Å². The Morgan fingerprint density at radius 3 is 1.80 bits per heavy atom. The van der Waals surface area contributed by atoms with Crippen LogP contribution in [0, 0.1) is 13.8 Å². The highest BCUT2D eigenvalue weighted by molar-refractivity contribution is 7.12. The standard InChI is InChI=1S/C27H23NOS/c1-20-19-26(21(2)30-20)27(29)18-15-22-13-16-25(17-14-22)28(23-9-5-3-6-10-23)24-11-7-4-8-12-24/h3-19H,1-2H3/b18-15+. The van der Waals surface area contributed by atoms with Crippen LogP contribution in [0.1, 0.15) is 25.7 Å². The van der Waals surface area contributed by atoms with Gasteiger partial charge in [-0.2, -0.15) is 0 Å². The fourth-order valence-corrected chi connectivity index (χ4v) is 4.40. The van der Waals surface area contributed by atoms with E-state index in [0.29, 0.717) is 0 Å². The van der Waals surface area contributed by atoms with E-state index in [9.17, 15) is 4.79 Å². The van der Waals surface area contributed by atoms with Crippen LogP contribution in [-0.2, 0) is 0 Å². The molecule has 3 aromatic carbocycles. The van der Waals surface area contributed by atoms with Gasteiger partial charge < -0.3 is 4.90 Å². The van der Waals surface area contributed by atoms with E-state index in [-0.39, 0.29) is 5.78 Å². The van der Waals surface area contributed by atoms with Gasteiger partial charge in [-0.15, -0.1) is 11.3 Å². The number of para-hydroxylation sites is 2. The SMILES string of the molecule is Cc1cc(C(=O)/C=C/c2ccc(N(c3ccccc3)c3ccccc3)cc2)c(C)s1. The average molecular weight is 410 g/mol. The van der Waals surface area contributed by atoms with Gasteiger partial charge in [0.1, 0.15) is 0 Å². The minimum Gasteiger partial charge on any atom is -0.311 e. The number of hydrogen-bond donors (Lipinski definition) is 0. The van der Waals surface area contributed by atoms with Crippen molar-refractivity contribution in [2.75, 3.05) is 4.90 Å². The van der Waals surface area contributed by atoms with E-state index >= 15 is 0 Å². The van der Waals surface area contributed by atoms with Crippen LogP contribution in [0.2, 0.25) is 0 Å². The van der Waals surface area contributed by atoms with Gasteiger partial charge in [-0.3, -0.25) is 4.79 Å². The van der Waals surface area contributed by atoms with Crippen molar-refractivity contribution in [2.24, 2.45) is 0 Å². The van der Waals surface area contributed by atoms with Crippen molar-refractivity contribution >= 4 is 40.3 Å². The molecule has 0 spiro atoms. The van der Waals surface area contributed by atoms with Crippen LogP contribution in [-0.4, -0.2) is 5.78 Å². The van der Waals surface area contributed by atoms with Gasteiger partial charge in [-0.05, 0) is 68.0 Å². The van der Waals surface area contributed by atoms with Crippen LogP contribution < -0.4 is 4.90 Å². The second-order valence-electron chi connectivity index (χ2n) is 7.12. The summed E-state index contributed by atoms with van der Waals surface area (Å²) in [5, 5.41) is 0. The first-order valence-electron chi connectivity index (χ1n) is 9.91. The van der Waals surface area contributed by atoms with Crippen molar-refractivity contribution in [1.82, 2.24) is 0 Å². The van der Waals surface area contributed by atoms with Crippen molar-refractivity contribution in [2.45, 2.75) is 13.8 Å². The molecule has 0 saturated heterocycles. The van der Waals surface area contributed by atoms with Gasteiger partial charge in [0.2, 0.25) is 0 Å². The van der Waals surface area contributed by atoms with E-state index in [0.717, 1.165) is 37.9 Å². The first-order chi connectivity index (χ1) is 14.6. The van der Waals surface area contributed by atoms with E-state index in [1.54, 1.807) is 17.4 Å². The van der Waals surface area contributed by atoms with Crippen molar-refractivity contribution in [1.29, 1.82) is 0 Å². The maximum absolute atomic E-state index is 12.5. The monoisotopic (exact) mass is 409 g/mol. The van der Waals surface area contributed by atoms with E-state index < -0.39 is 0 Å². The summed E-state index contributed by atoms with van der Waals surface area (Å²) in [5.41, 5.74) is 5.07. The molecule has 0 radical (unpaired) electrons. The molecule has 0 fully saturated rings. The van der Waals surface area contributed by atoms with Gasteiger partial charge in [-0.1, -0.05) is 54.6 Å². The molecular formula is C27H23NOS. The Morgan fingerprint density at radius 1 is 0.767 bits per heavy atom. The second kappa shape index (κ2) is 8.93. The van der Waals surface area contributed by atoms with Gasteiger partial charge in [0, 0.05) is 32.4 Å². The van der Waals surface area contributed by atoms with E-state index in [1.165, 1.54) is 0 Å². The number of anilines is 3. The predicted octanol–water partition coefficient (Wildman–Crippen LogP) is 7.73. The molecule has 4 rings (SSSR count). The van der Waals surface area contributed by atoms with Crippen molar-refractivity contribution in [3.05, 3.63) is 118 Å².